The predicted octanol–water partition coefficient (Wildman–Crippen LogP) is 6.26. The number of aromatic nitrogens is 1. The minimum absolute atomic E-state index is 0.157. The average molecular weight is 451 g/mol. The Labute approximate surface area is 169 Å². The summed E-state index contributed by atoms with van der Waals surface area (Å²) in [5.74, 6) is 0.0202. The summed E-state index contributed by atoms with van der Waals surface area (Å²) in [6.07, 6.45) is 1.37. The smallest absolute Gasteiger partial charge is 0.306 e. The molecule has 1 aliphatic heterocycles. The van der Waals surface area contributed by atoms with Crippen molar-refractivity contribution < 1.29 is 9.53 Å². The zero-order chi connectivity index (χ0) is 18.3. The number of carbonyl (C=O) groups excluding carboxylic acids is 1. The van der Waals surface area contributed by atoms with Crippen LogP contribution in [-0.4, -0.2) is 17.6 Å². The van der Waals surface area contributed by atoms with Crippen molar-refractivity contribution in [2.45, 2.75) is 35.1 Å². The van der Waals surface area contributed by atoms with Crippen LogP contribution in [0.4, 0.5) is 0 Å². The lowest BCUT2D eigenvalue weighted by Gasteiger charge is -2.11. The quantitative estimate of drug-likeness (QED) is 0.440. The highest BCUT2D eigenvalue weighted by molar-refractivity contribution is 9.10. The van der Waals surface area contributed by atoms with Crippen molar-refractivity contribution in [1.29, 1.82) is 0 Å². The molecule has 0 bridgehead atoms. The molecular weight excluding hydrogens is 434 g/mol. The summed E-state index contributed by atoms with van der Waals surface area (Å²) < 4.78 is 8.34. The van der Waals surface area contributed by atoms with Gasteiger partial charge in [-0.15, -0.1) is 0 Å². The van der Waals surface area contributed by atoms with Gasteiger partial charge in [0, 0.05) is 42.8 Å². The largest absolute Gasteiger partial charge is 0.469 e. The summed E-state index contributed by atoms with van der Waals surface area (Å²) in [7, 11) is 1.45. The highest BCUT2D eigenvalue weighted by atomic mass is 79.9. The summed E-state index contributed by atoms with van der Waals surface area (Å²) in [6, 6.07) is 14.2. The van der Waals surface area contributed by atoms with E-state index in [1.807, 2.05) is 24.3 Å². The molecule has 0 aliphatic carbocycles. The third-order valence-electron chi connectivity index (χ3n) is 4.80. The van der Waals surface area contributed by atoms with E-state index in [2.05, 4.69) is 38.7 Å². The van der Waals surface area contributed by atoms with Gasteiger partial charge in [0.2, 0.25) is 0 Å². The second-order valence-electron chi connectivity index (χ2n) is 6.32. The van der Waals surface area contributed by atoms with Gasteiger partial charge in [-0.1, -0.05) is 45.4 Å². The van der Waals surface area contributed by atoms with Crippen LogP contribution in [0.25, 0.3) is 10.9 Å². The van der Waals surface area contributed by atoms with Crippen LogP contribution in [0.1, 0.15) is 24.5 Å². The maximum atomic E-state index is 11.9. The number of carbonyl (C=O) groups is 1. The van der Waals surface area contributed by atoms with E-state index >= 15 is 0 Å². The van der Waals surface area contributed by atoms with Crippen molar-refractivity contribution in [3.8, 4) is 0 Å². The standard InChI is InChI=1S/C20H17BrClNO2S/c1-25-17(24)11-12-9-10-23-16-4-2-3-15(21)18(16)20(19(12)23)26-14-7-5-13(22)6-8-14/h2-8,12H,9-11H2,1H3. The molecule has 0 saturated heterocycles. The highest BCUT2D eigenvalue weighted by Gasteiger charge is 2.32. The number of aryl methyl sites for hydroxylation is 1. The molecule has 1 aromatic heterocycles. The lowest BCUT2D eigenvalue weighted by Crippen LogP contribution is -2.07. The first kappa shape index (κ1) is 18.0. The van der Waals surface area contributed by atoms with Crippen molar-refractivity contribution in [2.75, 3.05) is 7.11 Å². The number of methoxy groups -OCH3 is 1. The van der Waals surface area contributed by atoms with Gasteiger partial charge in [0.25, 0.3) is 0 Å². The van der Waals surface area contributed by atoms with E-state index in [4.69, 9.17) is 16.3 Å². The molecule has 3 aromatic rings. The van der Waals surface area contributed by atoms with Crippen LogP contribution >= 0.6 is 39.3 Å². The summed E-state index contributed by atoms with van der Waals surface area (Å²) in [5, 5.41) is 1.93. The van der Waals surface area contributed by atoms with E-state index in [0.717, 1.165) is 27.4 Å². The SMILES string of the molecule is COC(=O)CC1CCn2c1c(Sc1ccc(Cl)cc1)c1c(Br)cccc12. The molecule has 0 amide bonds. The Bertz CT molecular complexity index is 984. The fourth-order valence-electron chi connectivity index (χ4n) is 3.62. The number of hydrogen-bond acceptors (Lipinski definition) is 3. The number of ether oxygens (including phenoxy) is 1. The number of nitrogens with zero attached hydrogens (tertiary/aromatic N) is 1. The molecule has 2 heterocycles. The molecule has 2 aromatic carbocycles. The van der Waals surface area contributed by atoms with E-state index < -0.39 is 0 Å². The second-order valence-corrected chi connectivity index (χ2v) is 8.70. The molecule has 0 N–H and O–H groups in total. The zero-order valence-electron chi connectivity index (χ0n) is 14.2. The number of hydrogen-bond donors (Lipinski definition) is 0. The Morgan fingerprint density at radius 3 is 2.81 bits per heavy atom. The minimum Gasteiger partial charge on any atom is -0.469 e. The van der Waals surface area contributed by atoms with Gasteiger partial charge in [-0.25, -0.2) is 0 Å². The van der Waals surface area contributed by atoms with E-state index in [0.29, 0.717) is 6.42 Å². The van der Waals surface area contributed by atoms with Crippen molar-refractivity contribution in [3.05, 3.63) is 57.7 Å². The first-order chi connectivity index (χ1) is 12.6. The predicted molar refractivity (Wildman–Crippen MR) is 109 cm³/mol. The third kappa shape index (κ3) is 3.17. The van der Waals surface area contributed by atoms with Gasteiger partial charge >= 0.3 is 5.97 Å². The Balaban J connectivity index is 1.85. The first-order valence-electron chi connectivity index (χ1n) is 8.39. The van der Waals surface area contributed by atoms with Gasteiger partial charge in [0.15, 0.2) is 0 Å². The fraction of sp³-hybridized carbons (Fsp3) is 0.250. The van der Waals surface area contributed by atoms with Crippen LogP contribution in [0, 0.1) is 0 Å². The number of esters is 1. The summed E-state index contributed by atoms with van der Waals surface area (Å²) in [6.45, 7) is 0.922. The molecule has 0 spiro atoms. The van der Waals surface area contributed by atoms with Gasteiger partial charge < -0.3 is 9.30 Å². The van der Waals surface area contributed by atoms with E-state index in [-0.39, 0.29) is 11.9 Å². The van der Waals surface area contributed by atoms with E-state index in [1.54, 1.807) is 11.8 Å². The van der Waals surface area contributed by atoms with E-state index in [9.17, 15) is 4.79 Å². The van der Waals surface area contributed by atoms with Crippen LogP contribution in [0.2, 0.25) is 5.02 Å². The topological polar surface area (TPSA) is 31.2 Å². The van der Waals surface area contributed by atoms with Crippen LogP contribution < -0.4 is 0 Å². The molecule has 1 unspecified atom stereocenters. The molecule has 6 heteroatoms. The molecule has 4 rings (SSSR count). The Kier molecular flexibility index (Phi) is 5.04. The monoisotopic (exact) mass is 449 g/mol. The minimum atomic E-state index is -0.157. The zero-order valence-corrected chi connectivity index (χ0v) is 17.3. The Morgan fingerprint density at radius 1 is 1.31 bits per heavy atom. The van der Waals surface area contributed by atoms with Crippen LogP contribution in [0.5, 0.6) is 0 Å². The molecule has 1 atom stereocenters. The van der Waals surface area contributed by atoms with Crippen LogP contribution in [0.3, 0.4) is 0 Å². The van der Waals surface area contributed by atoms with Crippen molar-refractivity contribution in [1.82, 2.24) is 4.57 Å². The maximum absolute atomic E-state index is 11.9. The fourth-order valence-corrected chi connectivity index (χ4v) is 5.64. The van der Waals surface area contributed by atoms with Gasteiger partial charge in [0.1, 0.15) is 0 Å². The molecule has 0 radical (unpaired) electrons. The lowest BCUT2D eigenvalue weighted by atomic mass is 10.00. The second kappa shape index (κ2) is 7.29. The van der Waals surface area contributed by atoms with Crippen molar-refractivity contribution >= 4 is 56.2 Å². The first-order valence-corrected chi connectivity index (χ1v) is 10.4. The summed E-state index contributed by atoms with van der Waals surface area (Å²) in [4.78, 5) is 14.2. The number of fused-ring (bicyclic) bond motifs is 3. The summed E-state index contributed by atoms with van der Waals surface area (Å²) in [5.41, 5.74) is 2.44. The van der Waals surface area contributed by atoms with Crippen LogP contribution in [0.15, 0.2) is 56.7 Å². The van der Waals surface area contributed by atoms with Crippen molar-refractivity contribution in [3.63, 3.8) is 0 Å². The van der Waals surface area contributed by atoms with Gasteiger partial charge in [-0.2, -0.15) is 0 Å². The highest BCUT2D eigenvalue weighted by Crippen LogP contribution is 2.48. The third-order valence-corrected chi connectivity index (χ3v) is 6.83. The van der Waals surface area contributed by atoms with Gasteiger partial charge in [0.05, 0.1) is 19.0 Å². The van der Waals surface area contributed by atoms with Crippen molar-refractivity contribution in [2.24, 2.45) is 0 Å². The Hall–Kier alpha value is -1.43. The number of benzene rings is 2. The number of rotatable bonds is 4. The van der Waals surface area contributed by atoms with E-state index in [1.165, 1.54) is 28.6 Å². The van der Waals surface area contributed by atoms with Gasteiger partial charge in [-0.3, -0.25) is 4.79 Å². The average Bonchev–Trinajstić information content (AvgIpc) is 3.17. The lowest BCUT2D eigenvalue weighted by molar-refractivity contribution is -0.141. The van der Waals surface area contributed by atoms with Gasteiger partial charge in [-0.05, 0) is 42.8 Å². The normalized spacial score (nSPS) is 16.0. The molecule has 0 fully saturated rings. The molecular formula is C20H17BrClNO2S. The molecule has 26 heavy (non-hydrogen) atoms. The number of halogens is 2. The molecule has 134 valence electrons. The maximum Gasteiger partial charge on any atom is 0.306 e. The molecule has 3 nitrogen and oxygen atoms in total. The summed E-state index contributed by atoms with van der Waals surface area (Å²) >= 11 is 11.5. The van der Waals surface area contributed by atoms with Crippen LogP contribution in [-0.2, 0) is 16.1 Å². The Morgan fingerprint density at radius 2 is 2.08 bits per heavy atom. The molecule has 1 aliphatic rings. The molecule has 0 saturated carbocycles.